The van der Waals surface area contributed by atoms with E-state index in [-0.39, 0.29) is 37.5 Å². The highest BCUT2D eigenvalue weighted by Gasteiger charge is 2.50. The first-order valence-electron chi connectivity index (χ1n) is 10.4. The zero-order valence-electron chi connectivity index (χ0n) is 18.5. The van der Waals surface area contributed by atoms with Gasteiger partial charge in [-0.25, -0.2) is 9.59 Å². The molecule has 1 rings (SSSR count). The van der Waals surface area contributed by atoms with Gasteiger partial charge in [-0.3, -0.25) is 4.79 Å². The summed E-state index contributed by atoms with van der Waals surface area (Å²) >= 11 is 6.02. The number of ether oxygens (including phenoxy) is 4. The van der Waals surface area contributed by atoms with Gasteiger partial charge in [-0.2, -0.15) is 0 Å². The zero-order valence-corrected chi connectivity index (χ0v) is 19.3. The number of hydrogen-bond acceptors (Lipinski definition) is 7. The number of rotatable bonds is 14. The van der Waals surface area contributed by atoms with Crippen LogP contribution in [0, 0.1) is 0 Å². The highest BCUT2D eigenvalue weighted by Crippen LogP contribution is 2.23. The van der Waals surface area contributed by atoms with E-state index >= 15 is 0 Å². The van der Waals surface area contributed by atoms with Crippen molar-refractivity contribution < 1.29 is 33.3 Å². The van der Waals surface area contributed by atoms with Gasteiger partial charge in [0.2, 0.25) is 5.54 Å². The number of esters is 2. The van der Waals surface area contributed by atoms with Crippen molar-refractivity contribution in [2.24, 2.45) is 0 Å². The van der Waals surface area contributed by atoms with Gasteiger partial charge in [-0.1, -0.05) is 18.2 Å². The van der Waals surface area contributed by atoms with E-state index in [2.05, 4.69) is 5.32 Å². The lowest BCUT2D eigenvalue weighted by Crippen LogP contribution is -2.61. The Labute approximate surface area is 188 Å². The van der Waals surface area contributed by atoms with Crippen LogP contribution in [0.1, 0.15) is 50.9 Å². The smallest absolute Gasteiger partial charge is 0.343 e. The van der Waals surface area contributed by atoms with Crippen LogP contribution in [-0.4, -0.2) is 61.5 Å². The maximum atomic E-state index is 12.9. The fourth-order valence-corrected chi connectivity index (χ4v) is 3.15. The van der Waals surface area contributed by atoms with Gasteiger partial charge in [0.15, 0.2) is 6.29 Å². The molecule has 1 aromatic carbocycles. The lowest BCUT2D eigenvalue weighted by molar-refractivity contribution is -0.168. The molecule has 8 nitrogen and oxygen atoms in total. The van der Waals surface area contributed by atoms with Crippen molar-refractivity contribution >= 4 is 29.4 Å². The standard InChI is InChI=1S/C22H32ClNO7/c1-5-28-16(4)31-18(15-23)13-14-22(20(26)29-6-2,21(27)30-7-3)24-19(25)17-11-9-8-10-12-17/h8-12,16,18H,5-7,13-15H2,1-4H3,(H,24,25)/t16?,18-/m0/s1. The van der Waals surface area contributed by atoms with Crippen LogP contribution in [0.5, 0.6) is 0 Å². The molecular formula is C22H32ClNO7. The number of amides is 1. The molecule has 2 atom stereocenters. The molecule has 0 radical (unpaired) electrons. The van der Waals surface area contributed by atoms with Gasteiger partial charge in [-0.15, -0.1) is 11.6 Å². The van der Waals surface area contributed by atoms with Crippen molar-refractivity contribution in [3.05, 3.63) is 35.9 Å². The molecule has 0 aromatic heterocycles. The van der Waals surface area contributed by atoms with Crippen molar-refractivity contribution in [3.63, 3.8) is 0 Å². The van der Waals surface area contributed by atoms with Crippen molar-refractivity contribution in [1.29, 1.82) is 0 Å². The summed E-state index contributed by atoms with van der Waals surface area (Å²) in [5, 5.41) is 2.56. The first-order valence-corrected chi connectivity index (χ1v) is 10.9. The second-order valence-corrected chi connectivity index (χ2v) is 6.95. The molecule has 1 aromatic rings. The highest BCUT2D eigenvalue weighted by molar-refractivity contribution is 6.18. The van der Waals surface area contributed by atoms with Gasteiger partial charge in [0.05, 0.1) is 19.3 Å². The SMILES string of the molecule is CCOC(=O)C(CC[C@@H](CCl)OC(C)OCC)(NC(=O)c1ccccc1)C(=O)OCC. The molecule has 174 valence electrons. The number of carbonyl (C=O) groups is 3. The van der Waals surface area contributed by atoms with Crippen molar-refractivity contribution in [1.82, 2.24) is 5.32 Å². The van der Waals surface area contributed by atoms with Gasteiger partial charge >= 0.3 is 11.9 Å². The Morgan fingerprint density at radius 2 is 1.58 bits per heavy atom. The molecule has 0 spiro atoms. The summed E-state index contributed by atoms with van der Waals surface area (Å²) in [6.07, 6.45) is -1.00. The van der Waals surface area contributed by atoms with Gasteiger partial charge in [0, 0.05) is 18.1 Å². The first kappa shape index (κ1) is 26.9. The van der Waals surface area contributed by atoms with Crippen molar-refractivity contribution in [3.8, 4) is 0 Å². The lowest BCUT2D eigenvalue weighted by atomic mass is 9.91. The number of alkyl halides is 1. The molecule has 0 saturated carbocycles. The minimum atomic E-state index is -2.04. The normalized spacial score (nSPS) is 13.2. The van der Waals surface area contributed by atoms with Crippen LogP contribution in [-0.2, 0) is 28.5 Å². The Kier molecular flexibility index (Phi) is 12.1. The summed E-state index contributed by atoms with van der Waals surface area (Å²) in [5.41, 5.74) is -1.75. The predicted octanol–water partition coefficient (Wildman–Crippen LogP) is 3.07. The van der Waals surface area contributed by atoms with Crippen LogP contribution in [0.25, 0.3) is 0 Å². The van der Waals surface area contributed by atoms with E-state index in [0.717, 1.165) is 0 Å². The maximum absolute atomic E-state index is 12.9. The molecule has 1 amide bonds. The Balaban J connectivity index is 3.20. The third-order valence-electron chi connectivity index (χ3n) is 4.41. The van der Waals surface area contributed by atoms with E-state index in [1.807, 2.05) is 6.92 Å². The van der Waals surface area contributed by atoms with Gasteiger partial charge in [0.1, 0.15) is 0 Å². The average molecular weight is 458 g/mol. The molecule has 31 heavy (non-hydrogen) atoms. The number of benzene rings is 1. The molecule has 0 bridgehead atoms. The Bertz CT molecular complexity index is 680. The molecule has 0 fully saturated rings. The number of hydrogen-bond donors (Lipinski definition) is 1. The Hall–Kier alpha value is -2.16. The summed E-state index contributed by atoms with van der Waals surface area (Å²) in [6.45, 7) is 7.29. The largest absolute Gasteiger partial charge is 0.464 e. The molecule has 0 aliphatic heterocycles. The second-order valence-electron chi connectivity index (χ2n) is 6.64. The summed E-state index contributed by atoms with van der Waals surface area (Å²) < 4.78 is 21.4. The minimum Gasteiger partial charge on any atom is -0.464 e. The molecular weight excluding hydrogens is 426 g/mol. The van der Waals surface area contributed by atoms with Crippen LogP contribution in [0.3, 0.4) is 0 Å². The quantitative estimate of drug-likeness (QED) is 0.198. The van der Waals surface area contributed by atoms with Crippen molar-refractivity contribution in [2.45, 2.75) is 58.5 Å². The molecule has 0 aliphatic carbocycles. The maximum Gasteiger partial charge on any atom is 0.343 e. The van der Waals surface area contributed by atoms with Crippen LogP contribution >= 0.6 is 11.6 Å². The van der Waals surface area contributed by atoms with Crippen LogP contribution in [0.4, 0.5) is 0 Å². The number of nitrogens with one attached hydrogen (secondary N) is 1. The van der Waals surface area contributed by atoms with Crippen molar-refractivity contribution in [2.75, 3.05) is 25.7 Å². The third kappa shape index (κ3) is 8.12. The van der Waals surface area contributed by atoms with Gasteiger partial charge in [-0.05, 0) is 52.7 Å². The van der Waals surface area contributed by atoms with E-state index in [1.165, 1.54) is 0 Å². The Morgan fingerprint density at radius 1 is 1.00 bits per heavy atom. The number of carbonyl (C=O) groups excluding carboxylic acids is 3. The summed E-state index contributed by atoms with van der Waals surface area (Å²) in [6, 6.07) is 8.26. The topological polar surface area (TPSA) is 100 Å². The highest BCUT2D eigenvalue weighted by atomic mass is 35.5. The number of halogens is 1. The van der Waals surface area contributed by atoms with Gasteiger partial charge < -0.3 is 24.3 Å². The minimum absolute atomic E-state index is 0.0258. The molecule has 9 heteroatoms. The average Bonchev–Trinajstić information content (AvgIpc) is 2.76. The lowest BCUT2D eigenvalue weighted by Gasteiger charge is -2.31. The van der Waals surface area contributed by atoms with Crippen LogP contribution in [0.15, 0.2) is 30.3 Å². The summed E-state index contributed by atoms with van der Waals surface area (Å²) in [4.78, 5) is 38.7. The molecule has 1 N–H and O–H groups in total. The van der Waals surface area contributed by atoms with E-state index < -0.39 is 35.8 Å². The van der Waals surface area contributed by atoms with Gasteiger partial charge in [0.25, 0.3) is 5.91 Å². The Morgan fingerprint density at radius 3 is 2.06 bits per heavy atom. The van der Waals surface area contributed by atoms with E-state index in [0.29, 0.717) is 6.61 Å². The monoisotopic (exact) mass is 457 g/mol. The third-order valence-corrected chi connectivity index (χ3v) is 4.75. The fourth-order valence-electron chi connectivity index (χ4n) is 2.92. The molecule has 1 unspecified atom stereocenters. The van der Waals surface area contributed by atoms with E-state index in [9.17, 15) is 14.4 Å². The zero-order chi connectivity index (χ0) is 23.3. The first-order chi connectivity index (χ1) is 14.8. The summed E-state index contributed by atoms with van der Waals surface area (Å²) in [7, 11) is 0. The molecule has 0 saturated heterocycles. The molecule has 0 aliphatic rings. The fraction of sp³-hybridized carbons (Fsp3) is 0.591. The predicted molar refractivity (Wildman–Crippen MR) is 116 cm³/mol. The van der Waals surface area contributed by atoms with Crippen LogP contribution in [0.2, 0.25) is 0 Å². The van der Waals surface area contributed by atoms with E-state index in [4.69, 9.17) is 30.5 Å². The summed E-state index contributed by atoms with van der Waals surface area (Å²) in [5.74, 6) is -2.30. The van der Waals surface area contributed by atoms with E-state index in [1.54, 1.807) is 51.1 Å². The molecule has 0 heterocycles. The second kappa shape index (κ2) is 14.0. The van der Waals surface area contributed by atoms with Crippen LogP contribution < -0.4 is 5.32 Å².